The lowest BCUT2D eigenvalue weighted by atomic mass is 10.2. The number of rotatable bonds is 2. The van der Waals surface area contributed by atoms with E-state index < -0.39 is 12.1 Å². The molecule has 1 heterocycles. The summed E-state index contributed by atoms with van der Waals surface area (Å²) in [6, 6.07) is 6.94. The maximum absolute atomic E-state index is 11.9. The number of cyclic esters (lactones) is 1. The second-order valence-corrected chi connectivity index (χ2v) is 4.06. The van der Waals surface area contributed by atoms with E-state index in [-0.39, 0.29) is 12.5 Å². The zero-order valence-corrected chi connectivity index (χ0v) is 9.77. The molecule has 2 amide bonds. The smallest absolute Gasteiger partial charge is 0.410 e. The Labute approximate surface area is 99.4 Å². The molecular formula is C12H14N2O3. The Morgan fingerprint density at radius 2 is 2.29 bits per heavy atom. The average molecular weight is 234 g/mol. The van der Waals surface area contributed by atoms with Crippen LogP contribution in [0.25, 0.3) is 0 Å². The number of likely N-dealkylation sites (N-methyl/N-ethyl adjacent to an activating group) is 1. The first-order valence-electron chi connectivity index (χ1n) is 5.35. The average Bonchev–Trinajstić information content (AvgIpc) is 2.60. The van der Waals surface area contributed by atoms with E-state index in [1.54, 1.807) is 7.05 Å². The summed E-state index contributed by atoms with van der Waals surface area (Å²) in [5.74, 6) is -0.232. The third kappa shape index (κ3) is 2.38. The second kappa shape index (κ2) is 4.45. The van der Waals surface area contributed by atoms with Gasteiger partial charge in [-0.3, -0.25) is 9.69 Å². The summed E-state index contributed by atoms with van der Waals surface area (Å²) >= 11 is 0. The van der Waals surface area contributed by atoms with Crippen molar-refractivity contribution in [2.24, 2.45) is 0 Å². The predicted octanol–water partition coefficient (Wildman–Crippen LogP) is 1.38. The van der Waals surface area contributed by atoms with Gasteiger partial charge in [0, 0.05) is 12.7 Å². The topological polar surface area (TPSA) is 58.6 Å². The molecule has 1 N–H and O–H groups in total. The van der Waals surface area contributed by atoms with Crippen molar-refractivity contribution >= 4 is 17.7 Å². The van der Waals surface area contributed by atoms with Crippen LogP contribution < -0.4 is 5.32 Å². The number of aryl methyl sites for hydroxylation is 1. The first kappa shape index (κ1) is 11.4. The summed E-state index contributed by atoms with van der Waals surface area (Å²) in [5, 5.41) is 2.76. The predicted molar refractivity (Wildman–Crippen MR) is 62.7 cm³/mol. The molecule has 0 bridgehead atoms. The van der Waals surface area contributed by atoms with Gasteiger partial charge in [0.05, 0.1) is 0 Å². The summed E-state index contributed by atoms with van der Waals surface area (Å²) in [6.07, 6.45) is -0.464. The number of amides is 2. The minimum Gasteiger partial charge on any atom is -0.447 e. The first-order valence-corrected chi connectivity index (χ1v) is 5.35. The number of nitrogens with zero attached hydrogens (tertiary/aromatic N) is 1. The van der Waals surface area contributed by atoms with Crippen LogP contribution in [-0.4, -0.2) is 36.6 Å². The number of carbonyl (C=O) groups is 2. The van der Waals surface area contributed by atoms with Crippen LogP contribution in [0.15, 0.2) is 24.3 Å². The molecule has 0 saturated carbocycles. The van der Waals surface area contributed by atoms with Gasteiger partial charge in [0.15, 0.2) is 0 Å². The van der Waals surface area contributed by atoms with E-state index in [0.717, 1.165) is 11.3 Å². The fourth-order valence-corrected chi connectivity index (χ4v) is 1.69. The molecule has 5 nitrogen and oxygen atoms in total. The highest BCUT2D eigenvalue weighted by atomic mass is 16.6. The van der Waals surface area contributed by atoms with Crippen LogP contribution in [0.4, 0.5) is 10.5 Å². The Hall–Kier alpha value is -2.04. The summed E-state index contributed by atoms with van der Waals surface area (Å²) in [4.78, 5) is 24.3. The molecule has 1 fully saturated rings. The van der Waals surface area contributed by atoms with E-state index in [2.05, 4.69) is 5.32 Å². The number of anilines is 1. The lowest BCUT2D eigenvalue weighted by Gasteiger charge is -2.15. The molecule has 1 aliphatic rings. The lowest BCUT2D eigenvalue weighted by Crippen LogP contribution is -2.40. The number of ether oxygens (including phenoxy) is 1. The number of benzene rings is 1. The SMILES string of the molecule is Cc1cccc(NC(=O)C2COC(=O)N2C)c1. The van der Waals surface area contributed by atoms with E-state index in [0.29, 0.717) is 0 Å². The molecule has 0 aromatic heterocycles. The van der Waals surface area contributed by atoms with E-state index in [4.69, 9.17) is 4.74 Å². The minimum atomic E-state index is -0.553. The van der Waals surface area contributed by atoms with Gasteiger partial charge < -0.3 is 10.1 Å². The van der Waals surface area contributed by atoms with Gasteiger partial charge in [0.25, 0.3) is 5.91 Å². The van der Waals surface area contributed by atoms with Crippen molar-refractivity contribution in [1.82, 2.24) is 4.90 Å². The standard InChI is InChI=1S/C12H14N2O3/c1-8-4-3-5-9(6-8)13-11(15)10-7-17-12(16)14(10)2/h3-6,10H,7H2,1-2H3,(H,13,15). The van der Waals surface area contributed by atoms with Crippen molar-refractivity contribution in [3.05, 3.63) is 29.8 Å². The van der Waals surface area contributed by atoms with Gasteiger partial charge in [-0.2, -0.15) is 0 Å². The van der Waals surface area contributed by atoms with Crippen LogP contribution in [0.3, 0.4) is 0 Å². The highest BCUT2D eigenvalue weighted by molar-refractivity contribution is 5.97. The number of hydrogen-bond donors (Lipinski definition) is 1. The summed E-state index contributed by atoms with van der Waals surface area (Å²) in [7, 11) is 1.55. The van der Waals surface area contributed by atoms with Crippen LogP contribution in [0.2, 0.25) is 0 Å². The molecule has 1 aromatic rings. The zero-order chi connectivity index (χ0) is 12.4. The van der Waals surface area contributed by atoms with Crippen molar-refractivity contribution < 1.29 is 14.3 Å². The molecule has 5 heteroatoms. The number of carbonyl (C=O) groups excluding carboxylic acids is 2. The maximum atomic E-state index is 11.9. The van der Waals surface area contributed by atoms with Crippen molar-refractivity contribution in [3.8, 4) is 0 Å². The van der Waals surface area contributed by atoms with Crippen LogP contribution >= 0.6 is 0 Å². The lowest BCUT2D eigenvalue weighted by molar-refractivity contribution is -0.119. The van der Waals surface area contributed by atoms with Crippen molar-refractivity contribution in [2.45, 2.75) is 13.0 Å². The van der Waals surface area contributed by atoms with Gasteiger partial charge >= 0.3 is 6.09 Å². The van der Waals surface area contributed by atoms with Gasteiger partial charge in [-0.05, 0) is 24.6 Å². The van der Waals surface area contributed by atoms with Crippen molar-refractivity contribution in [3.63, 3.8) is 0 Å². The highest BCUT2D eigenvalue weighted by Crippen LogP contribution is 2.14. The van der Waals surface area contributed by atoms with Crippen molar-refractivity contribution in [2.75, 3.05) is 19.0 Å². The van der Waals surface area contributed by atoms with Gasteiger partial charge in [0.1, 0.15) is 12.6 Å². The molecule has 1 aromatic carbocycles. The first-order chi connectivity index (χ1) is 8.08. The van der Waals surface area contributed by atoms with E-state index >= 15 is 0 Å². The van der Waals surface area contributed by atoms with Crippen LogP contribution in [0.5, 0.6) is 0 Å². The van der Waals surface area contributed by atoms with Crippen molar-refractivity contribution in [1.29, 1.82) is 0 Å². The Kier molecular flexibility index (Phi) is 2.99. The van der Waals surface area contributed by atoms with Crippen LogP contribution in [0.1, 0.15) is 5.56 Å². The second-order valence-electron chi connectivity index (χ2n) is 4.06. The third-order valence-electron chi connectivity index (χ3n) is 2.71. The molecule has 0 radical (unpaired) electrons. The Balaban J connectivity index is 2.05. The molecule has 17 heavy (non-hydrogen) atoms. The Morgan fingerprint density at radius 3 is 2.88 bits per heavy atom. The van der Waals surface area contributed by atoms with Gasteiger partial charge in [-0.15, -0.1) is 0 Å². The van der Waals surface area contributed by atoms with E-state index in [9.17, 15) is 9.59 Å². The molecule has 1 unspecified atom stereocenters. The quantitative estimate of drug-likeness (QED) is 0.841. The summed E-state index contributed by atoms with van der Waals surface area (Å²) in [5.41, 5.74) is 1.79. The van der Waals surface area contributed by atoms with E-state index in [1.165, 1.54) is 4.90 Å². The molecule has 1 atom stereocenters. The molecule has 90 valence electrons. The molecule has 1 saturated heterocycles. The Morgan fingerprint density at radius 1 is 1.53 bits per heavy atom. The minimum absolute atomic E-state index is 0.104. The number of hydrogen-bond acceptors (Lipinski definition) is 3. The molecular weight excluding hydrogens is 220 g/mol. The zero-order valence-electron chi connectivity index (χ0n) is 9.77. The fourth-order valence-electron chi connectivity index (χ4n) is 1.69. The molecule has 2 rings (SSSR count). The maximum Gasteiger partial charge on any atom is 0.410 e. The highest BCUT2D eigenvalue weighted by Gasteiger charge is 2.35. The summed E-state index contributed by atoms with van der Waals surface area (Å²) < 4.78 is 4.79. The van der Waals surface area contributed by atoms with Gasteiger partial charge in [-0.1, -0.05) is 12.1 Å². The number of nitrogens with one attached hydrogen (secondary N) is 1. The molecule has 0 aliphatic carbocycles. The fraction of sp³-hybridized carbons (Fsp3) is 0.333. The van der Waals surface area contributed by atoms with Crippen LogP contribution in [0, 0.1) is 6.92 Å². The molecule has 0 spiro atoms. The normalized spacial score (nSPS) is 19.1. The molecule has 1 aliphatic heterocycles. The van der Waals surface area contributed by atoms with E-state index in [1.807, 2.05) is 31.2 Å². The largest absolute Gasteiger partial charge is 0.447 e. The van der Waals surface area contributed by atoms with Gasteiger partial charge in [-0.25, -0.2) is 4.79 Å². The van der Waals surface area contributed by atoms with Gasteiger partial charge in [0.2, 0.25) is 0 Å². The monoisotopic (exact) mass is 234 g/mol. The summed E-state index contributed by atoms with van der Waals surface area (Å²) in [6.45, 7) is 2.05. The third-order valence-corrected chi connectivity index (χ3v) is 2.71. The Bertz CT molecular complexity index is 459. The van der Waals surface area contributed by atoms with Crippen LogP contribution in [-0.2, 0) is 9.53 Å².